The number of amides is 1. The maximum atomic E-state index is 12.4. The van der Waals surface area contributed by atoms with Crippen LogP contribution in [-0.4, -0.2) is 36.6 Å². The van der Waals surface area contributed by atoms with Crippen LogP contribution in [0.5, 0.6) is 0 Å². The van der Waals surface area contributed by atoms with Gasteiger partial charge in [0.05, 0.1) is 6.10 Å². The molecule has 4 aliphatic rings. The lowest BCUT2D eigenvalue weighted by Crippen LogP contribution is -2.62. The molecule has 3 heteroatoms. The summed E-state index contributed by atoms with van der Waals surface area (Å²) >= 11 is 0. The average Bonchev–Trinajstić information content (AvgIpc) is 2.96. The molecular formula is C25H43NO2. The van der Waals surface area contributed by atoms with Gasteiger partial charge in [-0.1, -0.05) is 34.6 Å². The van der Waals surface area contributed by atoms with Crippen LogP contribution >= 0.6 is 0 Å². The first-order valence-electron chi connectivity index (χ1n) is 12.0. The van der Waals surface area contributed by atoms with Gasteiger partial charge in [-0.15, -0.1) is 0 Å². The van der Waals surface area contributed by atoms with Crippen molar-refractivity contribution in [2.45, 2.75) is 98.1 Å². The summed E-state index contributed by atoms with van der Waals surface area (Å²) in [7, 11) is 2.07. The Morgan fingerprint density at radius 1 is 1.18 bits per heavy atom. The number of rotatable bonds is 4. The molecule has 28 heavy (non-hydrogen) atoms. The minimum absolute atomic E-state index is 0.317. The quantitative estimate of drug-likeness (QED) is 0.633. The minimum atomic E-state index is 0.317. The Morgan fingerprint density at radius 3 is 2.64 bits per heavy atom. The van der Waals surface area contributed by atoms with Crippen molar-refractivity contribution in [2.24, 2.45) is 40.4 Å². The van der Waals surface area contributed by atoms with Crippen LogP contribution in [0.3, 0.4) is 0 Å². The van der Waals surface area contributed by atoms with Crippen molar-refractivity contribution in [2.75, 3.05) is 13.7 Å². The number of ether oxygens (including phenoxy) is 1. The molecule has 1 aliphatic heterocycles. The number of fused-ring (bicyclic) bond motifs is 5. The Kier molecular flexibility index (Phi) is 5.39. The number of hydrogen-bond acceptors (Lipinski definition) is 2. The fourth-order valence-electron chi connectivity index (χ4n) is 8.05. The second kappa shape index (κ2) is 7.29. The van der Waals surface area contributed by atoms with E-state index in [9.17, 15) is 4.79 Å². The molecule has 0 radical (unpaired) electrons. The number of likely N-dealkylation sites (tertiary alicyclic amines) is 1. The minimum Gasteiger partial charge on any atom is -0.378 e. The van der Waals surface area contributed by atoms with Crippen LogP contribution in [0.2, 0.25) is 0 Å². The van der Waals surface area contributed by atoms with Gasteiger partial charge in [0, 0.05) is 26.1 Å². The summed E-state index contributed by atoms with van der Waals surface area (Å²) in [6, 6.07) is 0.453. The second-order valence-electron chi connectivity index (χ2n) is 11.8. The molecule has 3 unspecified atom stereocenters. The monoisotopic (exact) mass is 389 g/mol. The SMILES string of the molecule is CC(C)CCOC1C[C@H]2[C@@H]3C(C)CC4N(C)C(=O)CC[C@]4(C)[C@@H]3CC[C@]2(C)C1. The van der Waals surface area contributed by atoms with E-state index in [1.807, 2.05) is 0 Å². The van der Waals surface area contributed by atoms with Crippen LogP contribution in [0.15, 0.2) is 0 Å². The highest BCUT2D eigenvalue weighted by Crippen LogP contribution is 2.66. The Labute approximate surface area is 173 Å². The zero-order chi connectivity index (χ0) is 20.3. The zero-order valence-corrected chi connectivity index (χ0v) is 19.2. The highest BCUT2D eigenvalue weighted by molar-refractivity contribution is 5.77. The van der Waals surface area contributed by atoms with Crippen molar-refractivity contribution in [3.8, 4) is 0 Å². The van der Waals surface area contributed by atoms with E-state index >= 15 is 0 Å². The first-order valence-corrected chi connectivity index (χ1v) is 12.0. The molecule has 4 fully saturated rings. The van der Waals surface area contributed by atoms with E-state index in [4.69, 9.17) is 4.74 Å². The third-order valence-electron chi connectivity index (χ3n) is 9.71. The Bertz CT molecular complexity index is 603. The van der Waals surface area contributed by atoms with Gasteiger partial charge in [-0.05, 0) is 85.4 Å². The van der Waals surface area contributed by atoms with Crippen LogP contribution < -0.4 is 0 Å². The van der Waals surface area contributed by atoms with Crippen molar-refractivity contribution in [1.82, 2.24) is 4.90 Å². The van der Waals surface area contributed by atoms with Crippen LogP contribution in [0, 0.1) is 40.4 Å². The molecule has 0 bridgehead atoms. The summed E-state index contributed by atoms with van der Waals surface area (Å²) < 4.78 is 6.40. The summed E-state index contributed by atoms with van der Waals surface area (Å²) in [4.78, 5) is 14.5. The van der Waals surface area contributed by atoms with E-state index in [1.54, 1.807) is 0 Å². The van der Waals surface area contributed by atoms with Crippen molar-refractivity contribution < 1.29 is 9.53 Å². The van der Waals surface area contributed by atoms with Crippen LogP contribution in [0.25, 0.3) is 0 Å². The first-order chi connectivity index (χ1) is 13.2. The zero-order valence-electron chi connectivity index (χ0n) is 19.2. The third kappa shape index (κ3) is 3.24. The lowest BCUT2D eigenvalue weighted by molar-refractivity contribution is -0.164. The molecule has 0 aromatic heterocycles. The molecule has 1 saturated heterocycles. The molecule has 3 saturated carbocycles. The van der Waals surface area contributed by atoms with Gasteiger partial charge in [-0.2, -0.15) is 0 Å². The van der Waals surface area contributed by atoms with Crippen molar-refractivity contribution in [3.05, 3.63) is 0 Å². The smallest absolute Gasteiger partial charge is 0.222 e. The highest BCUT2D eigenvalue weighted by Gasteiger charge is 2.62. The first kappa shape index (κ1) is 20.7. The normalized spacial score (nSPS) is 48.4. The number of hydrogen-bond donors (Lipinski definition) is 0. The molecule has 0 aromatic rings. The average molecular weight is 390 g/mol. The van der Waals surface area contributed by atoms with E-state index in [2.05, 4.69) is 46.6 Å². The van der Waals surface area contributed by atoms with Crippen LogP contribution in [0.1, 0.15) is 86.0 Å². The van der Waals surface area contributed by atoms with E-state index in [-0.39, 0.29) is 0 Å². The molecule has 0 N–H and O–H groups in total. The molecular weight excluding hydrogens is 346 g/mol. The lowest BCUT2D eigenvalue weighted by Gasteiger charge is -2.63. The highest BCUT2D eigenvalue weighted by atomic mass is 16.5. The molecule has 160 valence electrons. The van der Waals surface area contributed by atoms with Gasteiger partial charge in [0.25, 0.3) is 0 Å². The summed E-state index contributed by atoms with van der Waals surface area (Å²) in [5.41, 5.74) is 0.787. The summed E-state index contributed by atoms with van der Waals surface area (Å²) in [6.07, 6.45) is 9.97. The van der Waals surface area contributed by atoms with E-state index in [0.717, 1.165) is 49.0 Å². The summed E-state index contributed by atoms with van der Waals surface area (Å²) in [6.45, 7) is 13.1. The Morgan fingerprint density at radius 2 is 1.93 bits per heavy atom. The van der Waals surface area contributed by atoms with Gasteiger partial charge in [-0.25, -0.2) is 0 Å². The Hall–Kier alpha value is -0.570. The van der Waals surface area contributed by atoms with E-state index < -0.39 is 0 Å². The molecule has 0 spiro atoms. The van der Waals surface area contributed by atoms with Gasteiger partial charge in [-0.3, -0.25) is 4.79 Å². The molecule has 3 nitrogen and oxygen atoms in total. The van der Waals surface area contributed by atoms with Gasteiger partial charge in [0.15, 0.2) is 0 Å². The number of carbonyl (C=O) groups excluding carboxylic acids is 1. The molecule has 4 rings (SSSR count). The second-order valence-corrected chi connectivity index (χ2v) is 11.8. The van der Waals surface area contributed by atoms with Crippen LogP contribution in [-0.2, 0) is 9.53 Å². The van der Waals surface area contributed by atoms with E-state index in [0.29, 0.717) is 28.9 Å². The predicted octanol–water partition coefficient (Wildman–Crippen LogP) is 5.53. The van der Waals surface area contributed by atoms with Crippen LogP contribution in [0.4, 0.5) is 0 Å². The van der Waals surface area contributed by atoms with Crippen molar-refractivity contribution >= 4 is 5.91 Å². The summed E-state index contributed by atoms with van der Waals surface area (Å²) in [5.74, 6) is 4.23. The number of nitrogens with zero attached hydrogens (tertiary/aromatic N) is 1. The van der Waals surface area contributed by atoms with Gasteiger partial charge in [0.2, 0.25) is 5.91 Å². The van der Waals surface area contributed by atoms with Gasteiger partial charge in [0.1, 0.15) is 0 Å². The maximum absolute atomic E-state index is 12.4. The molecule has 1 amide bonds. The van der Waals surface area contributed by atoms with E-state index in [1.165, 1.54) is 38.5 Å². The fraction of sp³-hybridized carbons (Fsp3) is 0.960. The van der Waals surface area contributed by atoms with Gasteiger partial charge < -0.3 is 9.64 Å². The third-order valence-corrected chi connectivity index (χ3v) is 9.71. The van der Waals surface area contributed by atoms with Crippen molar-refractivity contribution in [3.63, 3.8) is 0 Å². The molecule has 8 atom stereocenters. The molecule has 3 aliphatic carbocycles. The molecule has 0 aromatic carbocycles. The van der Waals surface area contributed by atoms with Gasteiger partial charge >= 0.3 is 0 Å². The fourth-order valence-corrected chi connectivity index (χ4v) is 8.05. The van der Waals surface area contributed by atoms with Crippen molar-refractivity contribution in [1.29, 1.82) is 0 Å². The largest absolute Gasteiger partial charge is 0.378 e. The lowest BCUT2D eigenvalue weighted by atomic mass is 9.45. The summed E-state index contributed by atoms with van der Waals surface area (Å²) in [5, 5.41) is 0. The molecule has 1 heterocycles. The maximum Gasteiger partial charge on any atom is 0.222 e. The standard InChI is InChI=1S/C25H43NO2/c1-16(2)9-12-28-18-14-20-23-17(3)13-21-25(5,11-8-22(27)26(21)6)19(23)7-10-24(20,4)15-18/h16-21,23H,7-15H2,1-6H3/t17?,18?,19-,20+,21?,23-,24-,25-/m1/s1. The number of carbonyl (C=O) groups is 1. The number of piperidine rings is 1. The predicted molar refractivity (Wildman–Crippen MR) is 114 cm³/mol. The topological polar surface area (TPSA) is 29.5 Å². The Balaban J connectivity index is 1.53.